The lowest BCUT2D eigenvalue weighted by Crippen LogP contribution is -2.32. The van der Waals surface area contributed by atoms with Gasteiger partial charge in [-0.2, -0.15) is 5.10 Å². The van der Waals surface area contributed by atoms with Gasteiger partial charge < -0.3 is 9.47 Å². The number of nitrogens with zero attached hydrogens (tertiary/aromatic N) is 3. The molecule has 1 fully saturated rings. The molecule has 2 atom stereocenters. The number of aromatic nitrogens is 1. The van der Waals surface area contributed by atoms with Gasteiger partial charge in [0.25, 0.3) is 5.91 Å². The average Bonchev–Trinajstić information content (AvgIpc) is 3.49. The van der Waals surface area contributed by atoms with E-state index in [0.717, 1.165) is 69.8 Å². The highest BCUT2D eigenvalue weighted by Gasteiger charge is 2.44. The molecule has 0 saturated heterocycles. The van der Waals surface area contributed by atoms with Crippen LogP contribution in [0.1, 0.15) is 46.8 Å². The molecule has 1 saturated carbocycles. The Morgan fingerprint density at radius 3 is 2.25 bits per heavy atom. The van der Waals surface area contributed by atoms with Crippen molar-refractivity contribution in [2.45, 2.75) is 25.3 Å². The fourth-order valence-corrected chi connectivity index (χ4v) is 6.44. The van der Waals surface area contributed by atoms with Gasteiger partial charge in [-0.05, 0) is 78.4 Å². The fraction of sp³-hybridized carbons (Fsp3) is 0.184. The van der Waals surface area contributed by atoms with E-state index in [4.69, 9.17) is 19.6 Å². The standard InChI is InChI=1S/C38H33N3O3/c1-43-29-19-15-25(16-20-29)23-28-11-8-13-32-36(28)40-41(37(32)27-17-21-30(44-2)22-18-27)38(42)33-24-35(26-9-4-3-5-10-26)39-34-14-7-6-12-31(33)34/h3-7,9-10,12,14-24,32,37H,8,11,13H2,1-2H3/b28-23+/t32-,37-/m1/s1. The molecule has 0 spiro atoms. The van der Waals surface area contributed by atoms with Gasteiger partial charge in [0.05, 0.1) is 42.7 Å². The molecule has 0 unspecified atom stereocenters. The Morgan fingerprint density at radius 1 is 0.841 bits per heavy atom. The normalized spacial score (nSPS) is 18.6. The highest BCUT2D eigenvalue weighted by atomic mass is 16.5. The summed E-state index contributed by atoms with van der Waals surface area (Å²) in [7, 11) is 3.34. The third-order valence-corrected chi connectivity index (χ3v) is 8.64. The Labute approximate surface area is 257 Å². The molecule has 7 rings (SSSR count). The van der Waals surface area contributed by atoms with Crippen LogP contribution in [0.15, 0.2) is 120 Å². The molecule has 1 aliphatic heterocycles. The van der Waals surface area contributed by atoms with Crippen molar-refractivity contribution in [1.29, 1.82) is 0 Å². The van der Waals surface area contributed by atoms with E-state index < -0.39 is 0 Å². The Balaban J connectivity index is 1.36. The van der Waals surface area contributed by atoms with Crippen LogP contribution in [0.4, 0.5) is 0 Å². The van der Waals surface area contributed by atoms with Gasteiger partial charge in [-0.15, -0.1) is 0 Å². The summed E-state index contributed by atoms with van der Waals surface area (Å²) in [4.78, 5) is 19.7. The highest BCUT2D eigenvalue weighted by Crippen LogP contribution is 2.45. The van der Waals surface area contributed by atoms with Gasteiger partial charge in [0, 0.05) is 16.9 Å². The number of para-hydroxylation sites is 1. The number of hydrazone groups is 1. The molecule has 2 aliphatic rings. The zero-order valence-corrected chi connectivity index (χ0v) is 24.8. The van der Waals surface area contributed by atoms with Gasteiger partial charge in [-0.3, -0.25) is 4.79 Å². The van der Waals surface area contributed by atoms with Crippen LogP contribution in [0.5, 0.6) is 11.5 Å². The number of hydrogen-bond donors (Lipinski definition) is 0. The Hall–Kier alpha value is -5.23. The number of carbonyl (C=O) groups excluding carboxylic acids is 1. The monoisotopic (exact) mass is 579 g/mol. The molecular weight excluding hydrogens is 546 g/mol. The number of pyridine rings is 1. The maximum atomic E-state index is 14.8. The van der Waals surface area contributed by atoms with Gasteiger partial charge in [0.15, 0.2) is 0 Å². The molecule has 2 heterocycles. The zero-order valence-electron chi connectivity index (χ0n) is 24.8. The third-order valence-electron chi connectivity index (χ3n) is 8.64. The lowest BCUT2D eigenvalue weighted by molar-refractivity contribution is 0.0683. The first-order valence-electron chi connectivity index (χ1n) is 15.0. The van der Waals surface area contributed by atoms with Crippen molar-refractivity contribution in [2.75, 3.05) is 14.2 Å². The molecule has 0 radical (unpaired) electrons. The lowest BCUT2D eigenvalue weighted by Gasteiger charge is -2.30. The summed E-state index contributed by atoms with van der Waals surface area (Å²) in [6.07, 6.45) is 5.09. The van der Waals surface area contributed by atoms with Gasteiger partial charge in [-0.1, -0.05) is 72.8 Å². The second kappa shape index (κ2) is 11.8. The molecule has 5 aromatic rings. The number of ether oxygens (including phenoxy) is 2. The minimum absolute atomic E-state index is 0.0762. The minimum Gasteiger partial charge on any atom is -0.497 e. The topological polar surface area (TPSA) is 64.0 Å². The van der Waals surface area contributed by atoms with E-state index in [9.17, 15) is 4.79 Å². The second-order valence-corrected chi connectivity index (χ2v) is 11.2. The summed E-state index contributed by atoms with van der Waals surface area (Å²) in [5, 5.41) is 7.71. The molecule has 4 aromatic carbocycles. The number of methoxy groups -OCH3 is 2. The maximum Gasteiger partial charge on any atom is 0.275 e. The van der Waals surface area contributed by atoms with E-state index >= 15 is 0 Å². The lowest BCUT2D eigenvalue weighted by atomic mass is 9.77. The van der Waals surface area contributed by atoms with E-state index in [1.807, 2.05) is 84.9 Å². The summed E-state index contributed by atoms with van der Waals surface area (Å²) in [6, 6.07) is 35.6. The smallest absolute Gasteiger partial charge is 0.275 e. The van der Waals surface area contributed by atoms with E-state index in [2.05, 4.69) is 30.3 Å². The Bertz CT molecular complexity index is 1880. The SMILES string of the molecule is COc1ccc(/C=C2\CCC[C@@H]3C2=NN(C(=O)c2cc(-c4ccccc4)nc4ccccc24)[C@@H]3c2ccc(OC)cc2)cc1. The predicted octanol–water partition coefficient (Wildman–Crippen LogP) is 8.36. The molecule has 0 bridgehead atoms. The van der Waals surface area contributed by atoms with Crippen LogP contribution in [-0.2, 0) is 0 Å². The van der Waals surface area contributed by atoms with E-state index in [0.29, 0.717) is 5.56 Å². The molecule has 218 valence electrons. The van der Waals surface area contributed by atoms with Crippen LogP contribution >= 0.6 is 0 Å². The van der Waals surface area contributed by atoms with Crippen molar-refractivity contribution in [1.82, 2.24) is 9.99 Å². The first-order valence-corrected chi connectivity index (χ1v) is 15.0. The van der Waals surface area contributed by atoms with Crippen LogP contribution in [0.25, 0.3) is 28.2 Å². The number of amides is 1. The number of allylic oxidation sites excluding steroid dienone is 1. The van der Waals surface area contributed by atoms with Crippen LogP contribution in [0.2, 0.25) is 0 Å². The van der Waals surface area contributed by atoms with E-state index in [1.54, 1.807) is 19.2 Å². The first-order chi connectivity index (χ1) is 21.6. The van der Waals surface area contributed by atoms with E-state index in [1.165, 1.54) is 5.57 Å². The maximum absolute atomic E-state index is 14.8. The summed E-state index contributed by atoms with van der Waals surface area (Å²) in [5.74, 6) is 1.55. The number of benzene rings is 4. The second-order valence-electron chi connectivity index (χ2n) is 11.2. The molecule has 6 heteroatoms. The summed E-state index contributed by atoms with van der Waals surface area (Å²) in [6.45, 7) is 0. The number of carbonyl (C=O) groups is 1. The first kappa shape index (κ1) is 27.6. The van der Waals surface area contributed by atoms with Crippen molar-refractivity contribution in [3.05, 3.63) is 131 Å². The van der Waals surface area contributed by atoms with Crippen LogP contribution < -0.4 is 9.47 Å². The summed E-state index contributed by atoms with van der Waals surface area (Å²) < 4.78 is 10.8. The quantitative estimate of drug-likeness (QED) is 0.203. The van der Waals surface area contributed by atoms with Crippen molar-refractivity contribution in [3.63, 3.8) is 0 Å². The van der Waals surface area contributed by atoms with Gasteiger partial charge in [0.1, 0.15) is 11.5 Å². The Kier molecular flexibility index (Phi) is 7.40. The number of rotatable bonds is 6. The van der Waals surface area contributed by atoms with E-state index in [-0.39, 0.29) is 17.9 Å². The molecule has 1 aliphatic carbocycles. The van der Waals surface area contributed by atoms with Crippen molar-refractivity contribution in [3.8, 4) is 22.8 Å². The van der Waals surface area contributed by atoms with Gasteiger partial charge in [-0.25, -0.2) is 9.99 Å². The van der Waals surface area contributed by atoms with Crippen molar-refractivity contribution < 1.29 is 14.3 Å². The largest absolute Gasteiger partial charge is 0.497 e. The molecule has 44 heavy (non-hydrogen) atoms. The van der Waals surface area contributed by atoms with Gasteiger partial charge >= 0.3 is 0 Å². The van der Waals surface area contributed by atoms with Gasteiger partial charge in [0.2, 0.25) is 0 Å². The number of hydrogen-bond acceptors (Lipinski definition) is 5. The molecular formula is C38H33N3O3. The highest BCUT2D eigenvalue weighted by molar-refractivity contribution is 6.12. The van der Waals surface area contributed by atoms with Crippen LogP contribution in [-0.4, -0.2) is 35.8 Å². The van der Waals surface area contributed by atoms with Crippen molar-refractivity contribution in [2.24, 2.45) is 11.0 Å². The molecule has 1 amide bonds. The fourth-order valence-electron chi connectivity index (χ4n) is 6.44. The van der Waals surface area contributed by atoms with Crippen LogP contribution in [0.3, 0.4) is 0 Å². The minimum atomic E-state index is -0.241. The average molecular weight is 580 g/mol. The summed E-state index contributed by atoms with van der Waals surface area (Å²) >= 11 is 0. The Morgan fingerprint density at radius 2 is 1.52 bits per heavy atom. The zero-order chi connectivity index (χ0) is 30.0. The third kappa shape index (κ3) is 5.13. The summed E-state index contributed by atoms with van der Waals surface area (Å²) in [5.41, 5.74) is 7.38. The predicted molar refractivity (Wildman–Crippen MR) is 175 cm³/mol. The van der Waals surface area contributed by atoms with Crippen LogP contribution in [0, 0.1) is 5.92 Å². The molecule has 1 aromatic heterocycles. The number of fused-ring (bicyclic) bond motifs is 2. The molecule has 0 N–H and O–H groups in total. The molecule has 6 nitrogen and oxygen atoms in total. The van der Waals surface area contributed by atoms with Crippen molar-refractivity contribution >= 4 is 28.6 Å².